The Morgan fingerprint density at radius 2 is 2.33 bits per heavy atom. The van der Waals surface area contributed by atoms with Gasteiger partial charge in [0.1, 0.15) is 36.4 Å². The second-order valence-electron chi connectivity index (χ2n) is 5.60. The SMILES string of the molecule is O=C(C1=Cc2cc(F)ccc2OC1)N1CCOCC1c1ncn[nH]1. The number of ether oxygens (including phenoxy) is 2. The van der Waals surface area contributed by atoms with Gasteiger partial charge in [0.2, 0.25) is 0 Å². The summed E-state index contributed by atoms with van der Waals surface area (Å²) in [5.41, 5.74) is 1.04. The van der Waals surface area contributed by atoms with Crippen LogP contribution in [0.4, 0.5) is 4.39 Å². The molecule has 2 aromatic rings. The molecule has 8 heteroatoms. The average molecular weight is 330 g/mol. The number of nitrogens with one attached hydrogen (secondary N) is 1. The van der Waals surface area contributed by atoms with Gasteiger partial charge in [-0.05, 0) is 24.3 Å². The van der Waals surface area contributed by atoms with Gasteiger partial charge < -0.3 is 14.4 Å². The quantitative estimate of drug-likeness (QED) is 0.898. The van der Waals surface area contributed by atoms with Gasteiger partial charge in [0.15, 0.2) is 0 Å². The Balaban J connectivity index is 1.62. The summed E-state index contributed by atoms with van der Waals surface area (Å²) in [6.45, 7) is 1.39. The van der Waals surface area contributed by atoms with Crippen LogP contribution in [0.1, 0.15) is 17.4 Å². The summed E-state index contributed by atoms with van der Waals surface area (Å²) in [6.07, 6.45) is 3.08. The van der Waals surface area contributed by atoms with E-state index in [0.29, 0.717) is 42.5 Å². The van der Waals surface area contributed by atoms with Crippen molar-refractivity contribution in [1.82, 2.24) is 20.1 Å². The largest absolute Gasteiger partial charge is 0.488 e. The van der Waals surface area contributed by atoms with Crippen molar-refractivity contribution in [1.29, 1.82) is 0 Å². The molecule has 1 amide bonds. The fourth-order valence-electron chi connectivity index (χ4n) is 2.91. The summed E-state index contributed by atoms with van der Waals surface area (Å²) < 4.78 is 24.5. The second-order valence-corrected chi connectivity index (χ2v) is 5.60. The molecule has 1 aromatic carbocycles. The van der Waals surface area contributed by atoms with E-state index in [1.165, 1.54) is 18.5 Å². The van der Waals surface area contributed by atoms with E-state index in [-0.39, 0.29) is 24.4 Å². The zero-order chi connectivity index (χ0) is 16.5. The van der Waals surface area contributed by atoms with E-state index in [9.17, 15) is 9.18 Å². The number of carbonyl (C=O) groups excluding carboxylic acids is 1. The third-order valence-corrected chi connectivity index (χ3v) is 4.10. The molecule has 1 unspecified atom stereocenters. The lowest BCUT2D eigenvalue weighted by Gasteiger charge is -2.35. The van der Waals surface area contributed by atoms with Gasteiger partial charge in [-0.15, -0.1) is 0 Å². The standard InChI is InChI=1S/C16H15FN4O3/c17-12-1-2-14-10(6-12)5-11(7-24-14)16(22)21-3-4-23-8-13(21)15-18-9-19-20-15/h1-2,5-6,9,13H,3-4,7-8H2,(H,18,19,20). The number of aromatic nitrogens is 3. The Morgan fingerprint density at radius 3 is 3.17 bits per heavy atom. The molecule has 7 nitrogen and oxygen atoms in total. The van der Waals surface area contributed by atoms with Gasteiger partial charge in [-0.3, -0.25) is 9.89 Å². The summed E-state index contributed by atoms with van der Waals surface area (Å²) >= 11 is 0. The molecule has 2 aliphatic rings. The number of hydrogen-bond acceptors (Lipinski definition) is 5. The molecule has 24 heavy (non-hydrogen) atoms. The number of morpholine rings is 1. The molecule has 4 rings (SSSR count). The fourth-order valence-corrected chi connectivity index (χ4v) is 2.91. The fraction of sp³-hybridized carbons (Fsp3) is 0.312. The molecule has 0 spiro atoms. The Labute approximate surface area is 137 Å². The topological polar surface area (TPSA) is 80.3 Å². The van der Waals surface area contributed by atoms with Crippen LogP contribution >= 0.6 is 0 Å². The van der Waals surface area contributed by atoms with E-state index in [0.717, 1.165) is 0 Å². The third kappa shape index (κ3) is 2.65. The van der Waals surface area contributed by atoms with Crippen LogP contribution in [0.25, 0.3) is 6.08 Å². The van der Waals surface area contributed by atoms with E-state index in [4.69, 9.17) is 9.47 Å². The number of halogens is 1. The molecule has 0 bridgehead atoms. The first-order chi connectivity index (χ1) is 11.7. The number of aromatic amines is 1. The molecule has 1 saturated heterocycles. The van der Waals surface area contributed by atoms with Crippen LogP contribution in [-0.4, -0.2) is 52.4 Å². The summed E-state index contributed by atoms with van der Waals surface area (Å²) in [5.74, 6) is 0.608. The van der Waals surface area contributed by atoms with E-state index < -0.39 is 0 Å². The highest BCUT2D eigenvalue weighted by atomic mass is 19.1. The van der Waals surface area contributed by atoms with Crippen molar-refractivity contribution in [2.75, 3.05) is 26.4 Å². The maximum Gasteiger partial charge on any atom is 0.254 e. The number of fused-ring (bicyclic) bond motifs is 1. The van der Waals surface area contributed by atoms with Crippen LogP contribution in [0.15, 0.2) is 30.1 Å². The van der Waals surface area contributed by atoms with Gasteiger partial charge in [0.25, 0.3) is 5.91 Å². The van der Waals surface area contributed by atoms with Gasteiger partial charge in [-0.25, -0.2) is 9.37 Å². The molecule has 1 N–H and O–H groups in total. The molecule has 0 aliphatic carbocycles. The summed E-state index contributed by atoms with van der Waals surface area (Å²) in [4.78, 5) is 18.7. The molecular weight excluding hydrogens is 315 g/mol. The number of nitrogens with zero attached hydrogens (tertiary/aromatic N) is 3. The van der Waals surface area contributed by atoms with Crippen molar-refractivity contribution in [3.05, 3.63) is 47.3 Å². The average Bonchev–Trinajstić information content (AvgIpc) is 3.15. The molecule has 124 valence electrons. The molecule has 1 fully saturated rings. The van der Waals surface area contributed by atoms with Gasteiger partial charge in [0.05, 0.1) is 18.8 Å². The van der Waals surface area contributed by atoms with Crippen molar-refractivity contribution in [3.63, 3.8) is 0 Å². The number of rotatable bonds is 2. The first-order valence-corrected chi connectivity index (χ1v) is 7.59. The molecule has 0 saturated carbocycles. The lowest BCUT2D eigenvalue weighted by Crippen LogP contribution is -2.45. The number of amides is 1. The number of benzene rings is 1. The van der Waals surface area contributed by atoms with Crippen LogP contribution in [0.2, 0.25) is 0 Å². The van der Waals surface area contributed by atoms with Crippen LogP contribution in [0.3, 0.4) is 0 Å². The first-order valence-electron chi connectivity index (χ1n) is 7.59. The number of hydrogen-bond donors (Lipinski definition) is 1. The van der Waals surface area contributed by atoms with Crippen LogP contribution in [0.5, 0.6) is 5.75 Å². The maximum absolute atomic E-state index is 13.4. The van der Waals surface area contributed by atoms with E-state index in [1.54, 1.807) is 17.0 Å². The first kappa shape index (κ1) is 14.8. The summed E-state index contributed by atoms with van der Waals surface area (Å²) in [5, 5.41) is 6.61. The molecular formula is C16H15FN4O3. The van der Waals surface area contributed by atoms with Crippen LogP contribution in [-0.2, 0) is 9.53 Å². The number of H-pyrrole nitrogens is 1. The van der Waals surface area contributed by atoms with Gasteiger partial charge >= 0.3 is 0 Å². The predicted molar refractivity (Wildman–Crippen MR) is 81.5 cm³/mol. The monoisotopic (exact) mass is 330 g/mol. The maximum atomic E-state index is 13.4. The van der Waals surface area contributed by atoms with Gasteiger partial charge in [-0.1, -0.05) is 0 Å². The zero-order valence-corrected chi connectivity index (χ0v) is 12.7. The Kier molecular flexibility index (Phi) is 3.73. The van der Waals surface area contributed by atoms with Crippen LogP contribution < -0.4 is 4.74 Å². The van der Waals surface area contributed by atoms with Crippen molar-refractivity contribution in [2.45, 2.75) is 6.04 Å². The Morgan fingerprint density at radius 1 is 1.42 bits per heavy atom. The highest BCUT2D eigenvalue weighted by Gasteiger charge is 2.33. The van der Waals surface area contributed by atoms with E-state index in [1.807, 2.05) is 0 Å². The Hall–Kier alpha value is -2.74. The highest BCUT2D eigenvalue weighted by Crippen LogP contribution is 2.29. The minimum atomic E-state index is -0.367. The highest BCUT2D eigenvalue weighted by molar-refractivity contribution is 5.99. The summed E-state index contributed by atoms with van der Waals surface area (Å²) in [7, 11) is 0. The van der Waals surface area contributed by atoms with Crippen LogP contribution in [0, 0.1) is 5.82 Å². The molecule has 2 aliphatic heterocycles. The number of carbonyl (C=O) groups is 1. The Bertz CT molecular complexity index is 791. The molecule has 1 atom stereocenters. The third-order valence-electron chi connectivity index (χ3n) is 4.10. The lowest BCUT2D eigenvalue weighted by atomic mass is 10.0. The molecule has 0 radical (unpaired) electrons. The normalized spacial score (nSPS) is 20.1. The van der Waals surface area contributed by atoms with E-state index in [2.05, 4.69) is 15.2 Å². The van der Waals surface area contributed by atoms with Crippen molar-refractivity contribution in [3.8, 4) is 5.75 Å². The lowest BCUT2D eigenvalue weighted by molar-refractivity contribution is -0.136. The molecule has 1 aromatic heterocycles. The van der Waals surface area contributed by atoms with Gasteiger partial charge in [-0.2, -0.15) is 5.10 Å². The minimum absolute atomic E-state index is 0.151. The zero-order valence-electron chi connectivity index (χ0n) is 12.7. The van der Waals surface area contributed by atoms with Gasteiger partial charge in [0, 0.05) is 12.1 Å². The smallest absolute Gasteiger partial charge is 0.254 e. The van der Waals surface area contributed by atoms with Crippen molar-refractivity contribution in [2.24, 2.45) is 0 Å². The van der Waals surface area contributed by atoms with Crippen molar-refractivity contribution >= 4 is 12.0 Å². The minimum Gasteiger partial charge on any atom is -0.488 e. The van der Waals surface area contributed by atoms with Crippen molar-refractivity contribution < 1.29 is 18.7 Å². The van der Waals surface area contributed by atoms with E-state index >= 15 is 0 Å². The molecule has 3 heterocycles. The second kappa shape index (κ2) is 6.04. The summed E-state index contributed by atoms with van der Waals surface area (Å²) in [6, 6.07) is 3.92. The predicted octanol–water partition coefficient (Wildman–Crippen LogP) is 1.32.